The molecule has 35 heavy (non-hydrogen) atoms. The molecule has 1 fully saturated rings. The second-order valence-corrected chi connectivity index (χ2v) is 10.2. The molecular weight excluding hydrogens is 483 g/mol. The third kappa shape index (κ3) is 4.83. The van der Waals surface area contributed by atoms with Crippen LogP contribution in [0.3, 0.4) is 0 Å². The number of pyridine rings is 2. The quantitative estimate of drug-likeness (QED) is 0.473. The van der Waals surface area contributed by atoms with E-state index in [4.69, 9.17) is 4.74 Å². The zero-order chi connectivity index (χ0) is 25.4. The summed E-state index contributed by atoms with van der Waals surface area (Å²) >= 11 is 0. The Labute approximate surface area is 200 Å². The highest BCUT2D eigenvalue weighted by atomic mass is 32.2. The van der Waals surface area contributed by atoms with Gasteiger partial charge in [0.15, 0.2) is 0 Å². The molecule has 0 radical (unpaired) electrons. The second-order valence-electron chi connectivity index (χ2n) is 8.44. The molecule has 4 rings (SSSR count). The van der Waals surface area contributed by atoms with Crippen LogP contribution in [0.25, 0.3) is 22.4 Å². The zero-order valence-electron chi connectivity index (χ0n) is 19.1. The molecule has 0 spiro atoms. The summed E-state index contributed by atoms with van der Waals surface area (Å²) in [6.07, 6.45) is 1.50. The van der Waals surface area contributed by atoms with Crippen LogP contribution >= 0.6 is 0 Å². The normalized spacial score (nSPS) is 15.5. The molecule has 0 saturated heterocycles. The van der Waals surface area contributed by atoms with Crippen molar-refractivity contribution >= 4 is 21.1 Å². The fraction of sp³-hybridized carbons (Fsp3) is 0.435. The molecule has 8 nitrogen and oxygen atoms in total. The predicted molar refractivity (Wildman–Crippen MR) is 122 cm³/mol. The Morgan fingerprint density at radius 1 is 1.29 bits per heavy atom. The van der Waals surface area contributed by atoms with Gasteiger partial charge in [-0.1, -0.05) is 6.92 Å². The Morgan fingerprint density at radius 3 is 2.57 bits per heavy atom. The smallest absolute Gasteiger partial charge is 0.404 e. The number of rotatable bonds is 8. The molecule has 0 aliphatic heterocycles. The van der Waals surface area contributed by atoms with Gasteiger partial charge in [0, 0.05) is 17.6 Å². The van der Waals surface area contributed by atoms with Crippen LogP contribution in [0.5, 0.6) is 5.75 Å². The summed E-state index contributed by atoms with van der Waals surface area (Å²) < 4.78 is 72.6. The fourth-order valence-electron chi connectivity index (χ4n) is 3.88. The first-order valence-corrected chi connectivity index (χ1v) is 12.7. The highest BCUT2D eigenvalue weighted by Crippen LogP contribution is 2.42. The third-order valence-electron chi connectivity index (χ3n) is 5.95. The van der Waals surface area contributed by atoms with Gasteiger partial charge in [-0.3, -0.25) is 4.98 Å². The number of hydrogen-bond acceptors (Lipinski definition) is 6. The van der Waals surface area contributed by atoms with Crippen molar-refractivity contribution in [1.82, 2.24) is 19.3 Å². The monoisotopic (exact) mass is 507 g/mol. The molecule has 1 aliphatic carbocycles. The molecule has 186 valence electrons. The number of ether oxygens (including phenoxy) is 1. The number of hydrogen-bond donors (Lipinski definition) is 1. The summed E-state index contributed by atoms with van der Waals surface area (Å²) in [6.45, 7) is 3.21. The minimum atomic E-state index is -4.72. The summed E-state index contributed by atoms with van der Waals surface area (Å²) in [7, 11) is -4.45. The van der Waals surface area contributed by atoms with Crippen LogP contribution in [0.1, 0.15) is 51.1 Å². The molecule has 3 aromatic heterocycles. The van der Waals surface area contributed by atoms with E-state index in [1.165, 1.54) is 12.1 Å². The average molecular weight is 508 g/mol. The van der Waals surface area contributed by atoms with E-state index in [-0.39, 0.29) is 6.04 Å². The Bertz CT molecular complexity index is 1370. The van der Waals surface area contributed by atoms with Gasteiger partial charge in [0.1, 0.15) is 28.4 Å². The summed E-state index contributed by atoms with van der Waals surface area (Å²) in [6, 6.07) is 4.40. The van der Waals surface area contributed by atoms with Crippen molar-refractivity contribution in [1.29, 1.82) is 5.26 Å². The lowest BCUT2D eigenvalue weighted by Crippen LogP contribution is -2.42. The van der Waals surface area contributed by atoms with Gasteiger partial charge in [0.2, 0.25) is 10.0 Å². The number of fused-ring (bicyclic) bond motifs is 1. The van der Waals surface area contributed by atoms with Crippen molar-refractivity contribution in [2.75, 3.05) is 6.61 Å². The average Bonchev–Trinajstić information content (AvgIpc) is 3.09. The molecule has 1 saturated carbocycles. The van der Waals surface area contributed by atoms with Gasteiger partial charge in [-0.05, 0) is 50.8 Å². The van der Waals surface area contributed by atoms with Crippen LogP contribution in [0.4, 0.5) is 13.2 Å². The predicted octanol–water partition coefficient (Wildman–Crippen LogP) is 4.71. The first-order chi connectivity index (χ1) is 16.6. The molecular formula is C23H24F3N5O3S. The Morgan fingerprint density at radius 2 is 2.03 bits per heavy atom. The molecule has 1 N–H and O–H groups in total. The standard InChI is InChI=1S/C23H24F3N5O3S/c1-3-9-34-16-10-18-19(11-27)21(31(15-5-4-6-15)22(18)29-12-16)20-8-7-17(13-28-20)35(32,33)30-14(2)23(24,25)26/h7-8,10,12-15,30H,3-6,9H2,1-2H3/t14-/m1/s1. The Balaban J connectivity index is 1.78. The maximum atomic E-state index is 12.8. The van der Waals surface area contributed by atoms with Crippen LogP contribution in [0.15, 0.2) is 35.5 Å². The molecule has 3 aromatic rings. The van der Waals surface area contributed by atoms with Crippen molar-refractivity contribution in [3.63, 3.8) is 0 Å². The number of alkyl halides is 3. The van der Waals surface area contributed by atoms with Crippen LogP contribution in [0.2, 0.25) is 0 Å². The van der Waals surface area contributed by atoms with Crippen molar-refractivity contribution in [2.45, 2.75) is 62.7 Å². The SMILES string of the molecule is CCCOc1cnc2c(c1)c(C#N)c(-c1ccc(S(=O)(=O)N[C@H](C)C(F)(F)F)cn1)n2C1CCC1. The second kappa shape index (κ2) is 9.47. The van der Waals surface area contributed by atoms with E-state index < -0.39 is 27.1 Å². The van der Waals surface area contributed by atoms with E-state index in [9.17, 15) is 26.9 Å². The molecule has 1 atom stereocenters. The van der Waals surface area contributed by atoms with Crippen LogP contribution in [0, 0.1) is 11.3 Å². The number of nitrogens with one attached hydrogen (secondary N) is 1. The van der Waals surface area contributed by atoms with Gasteiger partial charge in [-0.2, -0.15) is 23.2 Å². The van der Waals surface area contributed by atoms with E-state index in [2.05, 4.69) is 16.0 Å². The zero-order valence-corrected chi connectivity index (χ0v) is 19.9. The first kappa shape index (κ1) is 24.9. The van der Waals surface area contributed by atoms with E-state index >= 15 is 0 Å². The van der Waals surface area contributed by atoms with Gasteiger partial charge in [-0.15, -0.1) is 0 Å². The van der Waals surface area contributed by atoms with E-state index in [0.717, 1.165) is 38.8 Å². The minimum Gasteiger partial charge on any atom is -0.492 e. The summed E-state index contributed by atoms with van der Waals surface area (Å²) in [5.74, 6) is 0.535. The highest BCUT2D eigenvalue weighted by Gasteiger charge is 2.39. The van der Waals surface area contributed by atoms with E-state index in [0.29, 0.717) is 40.3 Å². The maximum Gasteiger partial charge on any atom is 0.404 e. The number of nitrogens with zero attached hydrogens (tertiary/aromatic N) is 4. The summed E-state index contributed by atoms with van der Waals surface area (Å²) in [5, 5.41) is 10.6. The Hall–Kier alpha value is -3.17. The molecule has 3 heterocycles. The van der Waals surface area contributed by atoms with Crippen molar-refractivity contribution in [3.8, 4) is 23.2 Å². The number of aromatic nitrogens is 3. The van der Waals surface area contributed by atoms with Gasteiger partial charge >= 0.3 is 6.18 Å². The lowest BCUT2D eigenvalue weighted by atomic mass is 9.92. The first-order valence-electron chi connectivity index (χ1n) is 11.2. The van der Waals surface area contributed by atoms with E-state index in [1.807, 2.05) is 11.5 Å². The number of nitriles is 1. The number of halogens is 3. The topological polar surface area (TPSA) is 110 Å². The molecule has 0 amide bonds. The summed E-state index contributed by atoms with van der Waals surface area (Å²) in [5.41, 5.74) is 1.75. The highest BCUT2D eigenvalue weighted by molar-refractivity contribution is 7.89. The maximum absolute atomic E-state index is 12.8. The van der Waals surface area contributed by atoms with Crippen LogP contribution < -0.4 is 9.46 Å². The fourth-order valence-corrected chi connectivity index (χ4v) is 5.05. The third-order valence-corrected chi connectivity index (χ3v) is 7.48. The van der Waals surface area contributed by atoms with Crippen molar-refractivity contribution < 1.29 is 26.3 Å². The lowest BCUT2D eigenvalue weighted by Gasteiger charge is -2.29. The summed E-state index contributed by atoms with van der Waals surface area (Å²) in [4.78, 5) is 8.37. The van der Waals surface area contributed by atoms with Gasteiger partial charge in [0.05, 0.1) is 29.8 Å². The molecule has 0 unspecified atom stereocenters. The van der Waals surface area contributed by atoms with Gasteiger partial charge in [-0.25, -0.2) is 13.4 Å². The van der Waals surface area contributed by atoms with Crippen molar-refractivity contribution in [3.05, 3.63) is 36.2 Å². The number of sulfonamides is 1. The van der Waals surface area contributed by atoms with Gasteiger partial charge < -0.3 is 9.30 Å². The van der Waals surface area contributed by atoms with Crippen molar-refractivity contribution in [2.24, 2.45) is 0 Å². The molecule has 1 aliphatic rings. The largest absolute Gasteiger partial charge is 0.492 e. The molecule has 12 heteroatoms. The van der Waals surface area contributed by atoms with Crippen LogP contribution in [-0.4, -0.2) is 41.8 Å². The van der Waals surface area contributed by atoms with E-state index in [1.54, 1.807) is 17.0 Å². The molecule has 0 aromatic carbocycles. The Kier molecular flexibility index (Phi) is 6.75. The minimum absolute atomic E-state index is 0.101. The van der Waals surface area contributed by atoms with Crippen LogP contribution in [-0.2, 0) is 10.0 Å². The van der Waals surface area contributed by atoms with Gasteiger partial charge in [0.25, 0.3) is 0 Å². The molecule has 0 bridgehead atoms. The lowest BCUT2D eigenvalue weighted by molar-refractivity contribution is -0.147.